The van der Waals surface area contributed by atoms with Crippen LogP contribution in [-0.2, 0) is 23.8 Å². The van der Waals surface area contributed by atoms with Crippen LogP contribution >= 0.6 is 0 Å². The van der Waals surface area contributed by atoms with E-state index in [9.17, 15) is 9.59 Å². The van der Waals surface area contributed by atoms with E-state index in [0.717, 1.165) is 0 Å². The van der Waals surface area contributed by atoms with Gasteiger partial charge in [0.05, 0.1) is 24.9 Å². The molecule has 5 heteroatoms. The van der Waals surface area contributed by atoms with E-state index in [1.165, 1.54) is 27.4 Å². The Bertz CT molecular complexity index is 435. The summed E-state index contributed by atoms with van der Waals surface area (Å²) < 4.78 is 15.3. The molecule has 0 fully saturated rings. The molecule has 1 aliphatic carbocycles. The molecule has 2 aliphatic rings. The second-order valence-corrected chi connectivity index (χ2v) is 4.39. The first-order valence-electron chi connectivity index (χ1n) is 5.77. The van der Waals surface area contributed by atoms with Crippen LogP contribution in [0.3, 0.4) is 0 Å². The minimum absolute atomic E-state index is 0.0146. The quantitative estimate of drug-likeness (QED) is 0.706. The second-order valence-electron chi connectivity index (χ2n) is 4.39. The number of ether oxygens (including phenoxy) is 3. The Morgan fingerprint density at radius 3 is 2.61 bits per heavy atom. The van der Waals surface area contributed by atoms with Crippen LogP contribution in [0.15, 0.2) is 23.5 Å². The average molecular weight is 252 g/mol. The third-order valence-electron chi connectivity index (χ3n) is 3.47. The van der Waals surface area contributed by atoms with Gasteiger partial charge in [-0.3, -0.25) is 4.79 Å². The van der Waals surface area contributed by atoms with E-state index in [0.29, 0.717) is 17.6 Å². The fourth-order valence-corrected chi connectivity index (χ4v) is 2.62. The fourth-order valence-electron chi connectivity index (χ4n) is 2.62. The molecule has 3 atom stereocenters. The number of fused-ring (bicyclic) bond motifs is 1. The maximum Gasteiger partial charge on any atom is 0.337 e. The normalized spacial score (nSPS) is 29.8. The van der Waals surface area contributed by atoms with Crippen molar-refractivity contribution in [3.63, 3.8) is 0 Å². The number of rotatable bonds is 3. The lowest BCUT2D eigenvalue weighted by atomic mass is 9.82. The maximum absolute atomic E-state index is 11.7. The van der Waals surface area contributed by atoms with E-state index >= 15 is 0 Å². The Hall–Kier alpha value is -1.62. The monoisotopic (exact) mass is 252 g/mol. The van der Waals surface area contributed by atoms with E-state index in [1.807, 2.05) is 6.08 Å². The number of methoxy groups -OCH3 is 2. The first-order valence-corrected chi connectivity index (χ1v) is 5.77. The molecule has 2 rings (SSSR count). The van der Waals surface area contributed by atoms with Gasteiger partial charge in [-0.2, -0.15) is 0 Å². The molecule has 3 unspecified atom stereocenters. The highest BCUT2D eigenvalue weighted by Crippen LogP contribution is 2.43. The van der Waals surface area contributed by atoms with Crippen molar-refractivity contribution in [3.05, 3.63) is 23.5 Å². The lowest BCUT2D eigenvalue weighted by Gasteiger charge is -2.33. The van der Waals surface area contributed by atoms with Gasteiger partial charge >= 0.3 is 5.97 Å². The molecule has 0 N–H and O–H groups in total. The van der Waals surface area contributed by atoms with Gasteiger partial charge in [-0.1, -0.05) is 6.08 Å². The summed E-state index contributed by atoms with van der Waals surface area (Å²) in [5.74, 6) is -0.765. The summed E-state index contributed by atoms with van der Waals surface area (Å²) >= 11 is 0. The maximum atomic E-state index is 11.7. The van der Waals surface area contributed by atoms with Gasteiger partial charge in [-0.25, -0.2) is 4.79 Å². The molecule has 0 saturated heterocycles. The van der Waals surface area contributed by atoms with E-state index in [-0.39, 0.29) is 17.6 Å². The van der Waals surface area contributed by atoms with E-state index in [4.69, 9.17) is 14.2 Å². The average Bonchev–Trinajstić information content (AvgIpc) is 2.81. The molecule has 0 radical (unpaired) electrons. The molecule has 0 aromatic heterocycles. The van der Waals surface area contributed by atoms with E-state index in [1.54, 1.807) is 0 Å². The molecule has 0 saturated carbocycles. The summed E-state index contributed by atoms with van der Waals surface area (Å²) in [6.07, 6.45) is 3.35. The van der Waals surface area contributed by atoms with Crippen LogP contribution < -0.4 is 0 Å². The van der Waals surface area contributed by atoms with E-state index < -0.39 is 12.3 Å². The van der Waals surface area contributed by atoms with Crippen LogP contribution in [0.5, 0.6) is 0 Å². The zero-order chi connectivity index (χ0) is 13.3. The molecule has 5 nitrogen and oxygen atoms in total. The smallest absolute Gasteiger partial charge is 0.337 e. The first kappa shape index (κ1) is 12.8. The largest absolute Gasteiger partial charge is 0.471 e. The lowest BCUT2D eigenvalue weighted by molar-refractivity contribution is -0.147. The van der Waals surface area contributed by atoms with Crippen molar-refractivity contribution in [1.82, 2.24) is 0 Å². The predicted molar refractivity (Wildman–Crippen MR) is 62.3 cm³/mol. The van der Waals surface area contributed by atoms with Crippen molar-refractivity contribution >= 4 is 11.8 Å². The SMILES string of the molecule is COC(=O)C1=COC(OC)C2C(C(C)=O)=CCC12. The lowest BCUT2D eigenvalue weighted by Crippen LogP contribution is -2.37. The molecule has 0 bridgehead atoms. The molecule has 0 spiro atoms. The van der Waals surface area contributed by atoms with E-state index in [2.05, 4.69) is 0 Å². The molecular weight excluding hydrogens is 236 g/mol. The van der Waals surface area contributed by atoms with Crippen molar-refractivity contribution < 1.29 is 23.8 Å². The van der Waals surface area contributed by atoms with Crippen molar-refractivity contribution in [2.24, 2.45) is 11.8 Å². The van der Waals surface area contributed by atoms with Crippen LogP contribution in [0.1, 0.15) is 13.3 Å². The number of esters is 1. The predicted octanol–water partition coefficient (Wildman–Crippen LogP) is 1.20. The minimum atomic E-state index is -0.527. The van der Waals surface area contributed by atoms with Crippen LogP contribution in [0.25, 0.3) is 0 Å². The molecule has 98 valence electrons. The van der Waals surface area contributed by atoms with Gasteiger partial charge in [0.15, 0.2) is 5.78 Å². The van der Waals surface area contributed by atoms with Crippen LogP contribution in [0.2, 0.25) is 0 Å². The number of allylic oxidation sites excluding steroid dienone is 1. The number of ketones is 1. The summed E-state index contributed by atoms with van der Waals surface area (Å²) in [6, 6.07) is 0. The molecule has 0 amide bonds. The third kappa shape index (κ3) is 1.95. The second kappa shape index (κ2) is 4.94. The number of hydrogen-bond acceptors (Lipinski definition) is 5. The van der Waals surface area contributed by atoms with Gasteiger partial charge in [0, 0.05) is 18.6 Å². The van der Waals surface area contributed by atoms with Gasteiger partial charge in [0.1, 0.15) is 0 Å². The van der Waals surface area contributed by atoms with Crippen molar-refractivity contribution in [1.29, 1.82) is 0 Å². The van der Waals surface area contributed by atoms with Crippen LogP contribution in [0.4, 0.5) is 0 Å². The zero-order valence-corrected chi connectivity index (χ0v) is 10.6. The minimum Gasteiger partial charge on any atom is -0.471 e. The molecule has 18 heavy (non-hydrogen) atoms. The Kier molecular flexibility index (Phi) is 3.52. The first-order chi connectivity index (χ1) is 8.60. The Morgan fingerprint density at radius 1 is 1.33 bits per heavy atom. The van der Waals surface area contributed by atoms with Gasteiger partial charge in [-0.15, -0.1) is 0 Å². The summed E-state index contributed by atoms with van der Waals surface area (Å²) in [7, 11) is 2.85. The van der Waals surface area contributed by atoms with Crippen LogP contribution in [-0.4, -0.2) is 32.3 Å². The van der Waals surface area contributed by atoms with Gasteiger partial charge in [-0.05, 0) is 13.3 Å². The topological polar surface area (TPSA) is 61.8 Å². The van der Waals surface area contributed by atoms with Gasteiger partial charge < -0.3 is 14.2 Å². The van der Waals surface area contributed by atoms with Crippen molar-refractivity contribution in [3.8, 4) is 0 Å². The van der Waals surface area contributed by atoms with Gasteiger partial charge in [0.2, 0.25) is 6.29 Å². The number of carbonyl (C=O) groups is 2. The third-order valence-corrected chi connectivity index (χ3v) is 3.47. The molecule has 1 heterocycles. The zero-order valence-electron chi connectivity index (χ0n) is 10.6. The highest BCUT2D eigenvalue weighted by Gasteiger charge is 2.45. The van der Waals surface area contributed by atoms with Crippen LogP contribution in [0, 0.1) is 11.8 Å². The summed E-state index contributed by atoms with van der Waals surface area (Å²) in [6.45, 7) is 1.51. The Labute approximate surface area is 105 Å². The fraction of sp³-hybridized carbons (Fsp3) is 0.538. The van der Waals surface area contributed by atoms with Gasteiger partial charge in [0.25, 0.3) is 0 Å². The summed E-state index contributed by atoms with van der Waals surface area (Å²) in [5.41, 5.74) is 1.13. The Morgan fingerprint density at radius 2 is 2.06 bits per heavy atom. The molecular formula is C13H16O5. The number of Topliss-reactive ketones (excluding diaryl/α,β-unsaturated/α-hetero) is 1. The number of carbonyl (C=O) groups excluding carboxylic acids is 2. The van der Waals surface area contributed by atoms with Crippen molar-refractivity contribution in [2.75, 3.05) is 14.2 Å². The molecule has 0 aromatic rings. The summed E-state index contributed by atoms with van der Waals surface area (Å²) in [4.78, 5) is 23.3. The molecule has 0 aromatic carbocycles. The highest BCUT2D eigenvalue weighted by atomic mass is 16.7. The summed E-state index contributed by atoms with van der Waals surface area (Å²) in [5, 5.41) is 0. The highest BCUT2D eigenvalue weighted by molar-refractivity contribution is 5.96. The Balaban J connectivity index is 2.32. The standard InChI is InChI=1S/C13H16O5/c1-7(14)8-4-5-9-10(12(15)16-2)6-18-13(17-3)11(8)9/h4,6,9,11,13H,5H2,1-3H3. The number of hydrogen-bond donors (Lipinski definition) is 0. The van der Waals surface area contributed by atoms with Crippen molar-refractivity contribution in [2.45, 2.75) is 19.6 Å². The molecule has 1 aliphatic heterocycles.